The van der Waals surface area contributed by atoms with Gasteiger partial charge in [0.15, 0.2) is 6.61 Å². The number of pyridine rings is 1. The zero-order valence-electron chi connectivity index (χ0n) is 16.0. The molecule has 154 valence electrons. The van der Waals surface area contributed by atoms with Crippen LogP contribution in [0.1, 0.15) is 18.4 Å². The van der Waals surface area contributed by atoms with Crippen molar-refractivity contribution < 1.29 is 19.2 Å². The van der Waals surface area contributed by atoms with E-state index in [4.69, 9.17) is 10.00 Å². The molecule has 0 atom stereocenters. The SMILES string of the molecule is N#Cc1ccc(N2CCC(C(=O)OCC(=O)Nc3ccccc3[N+](=O)[O-])CC2)nc1. The number of anilines is 2. The summed E-state index contributed by atoms with van der Waals surface area (Å²) in [6.07, 6.45) is 2.60. The maximum absolute atomic E-state index is 12.3. The van der Waals surface area contributed by atoms with Gasteiger partial charge in [-0.05, 0) is 31.0 Å². The summed E-state index contributed by atoms with van der Waals surface area (Å²) in [4.78, 5) is 40.9. The number of carbonyl (C=O) groups is 2. The van der Waals surface area contributed by atoms with Gasteiger partial charge in [-0.15, -0.1) is 0 Å². The molecule has 1 saturated heterocycles. The van der Waals surface area contributed by atoms with Crippen LogP contribution in [0, 0.1) is 27.4 Å². The number of nitriles is 1. The van der Waals surface area contributed by atoms with Gasteiger partial charge in [0.25, 0.3) is 11.6 Å². The Morgan fingerprint density at radius 3 is 2.63 bits per heavy atom. The van der Waals surface area contributed by atoms with E-state index < -0.39 is 23.4 Å². The van der Waals surface area contributed by atoms with E-state index in [1.807, 2.05) is 11.0 Å². The van der Waals surface area contributed by atoms with Crippen molar-refractivity contribution >= 4 is 29.1 Å². The first-order valence-electron chi connectivity index (χ1n) is 9.29. The number of hydrogen-bond donors (Lipinski definition) is 1. The quantitative estimate of drug-likeness (QED) is 0.435. The Labute approximate surface area is 172 Å². The lowest BCUT2D eigenvalue weighted by atomic mass is 9.97. The lowest BCUT2D eigenvalue weighted by Crippen LogP contribution is -2.38. The van der Waals surface area contributed by atoms with Crippen molar-refractivity contribution in [2.24, 2.45) is 5.92 Å². The molecule has 1 aromatic heterocycles. The number of rotatable bonds is 6. The summed E-state index contributed by atoms with van der Waals surface area (Å²) >= 11 is 0. The second-order valence-corrected chi connectivity index (χ2v) is 6.71. The fourth-order valence-corrected chi connectivity index (χ4v) is 3.16. The number of nitrogens with zero attached hydrogens (tertiary/aromatic N) is 4. The second kappa shape index (κ2) is 9.47. The topological polar surface area (TPSA) is 138 Å². The van der Waals surface area contributed by atoms with Gasteiger partial charge in [-0.1, -0.05) is 12.1 Å². The number of ether oxygens (including phenoxy) is 1. The fourth-order valence-electron chi connectivity index (χ4n) is 3.16. The highest BCUT2D eigenvalue weighted by molar-refractivity contribution is 5.94. The number of benzene rings is 1. The first-order valence-corrected chi connectivity index (χ1v) is 9.29. The van der Waals surface area contributed by atoms with E-state index in [0.717, 1.165) is 5.82 Å². The molecule has 30 heavy (non-hydrogen) atoms. The smallest absolute Gasteiger partial charge is 0.309 e. The van der Waals surface area contributed by atoms with E-state index in [1.54, 1.807) is 18.2 Å². The minimum Gasteiger partial charge on any atom is -0.455 e. The van der Waals surface area contributed by atoms with Gasteiger partial charge < -0.3 is 15.0 Å². The molecule has 1 fully saturated rings. The first-order chi connectivity index (χ1) is 14.5. The highest BCUT2D eigenvalue weighted by atomic mass is 16.6. The summed E-state index contributed by atoms with van der Waals surface area (Å²) in [7, 11) is 0. The van der Waals surface area contributed by atoms with Crippen LogP contribution in [0.15, 0.2) is 42.6 Å². The molecule has 10 heteroatoms. The average Bonchev–Trinajstić information content (AvgIpc) is 2.78. The van der Waals surface area contributed by atoms with Crippen LogP contribution >= 0.6 is 0 Å². The van der Waals surface area contributed by atoms with Crippen LogP contribution in [0.5, 0.6) is 0 Å². The van der Waals surface area contributed by atoms with Crippen molar-refractivity contribution in [1.29, 1.82) is 5.26 Å². The highest BCUT2D eigenvalue weighted by Gasteiger charge is 2.27. The van der Waals surface area contributed by atoms with Gasteiger partial charge in [0.2, 0.25) is 0 Å². The predicted molar refractivity (Wildman–Crippen MR) is 107 cm³/mol. The van der Waals surface area contributed by atoms with Crippen LogP contribution in [0.4, 0.5) is 17.2 Å². The molecule has 0 aliphatic carbocycles. The molecule has 0 radical (unpaired) electrons. The maximum Gasteiger partial charge on any atom is 0.309 e. The van der Waals surface area contributed by atoms with E-state index in [2.05, 4.69) is 10.3 Å². The molecule has 10 nitrogen and oxygen atoms in total. The Morgan fingerprint density at radius 2 is 2.00 bits per heavy atom. The molecule has 1 aliphatic rings. The zero-order chi connectivity index (χ0) is 21.5. The zero-order valence-corrected chi connectivity index (χ0v) is 16.0. The van der Waals surface area contributed by atoms with E-state index >= 15 is 0 Å². The summed E-state index contributed by atoms with van der Waals surface area (Å²) < 4.78 is 5.10. The van der Waals surface area contributed by atoms with E-state index in [-0.39, 0.29) is 17.3 Å². The van der Waals surface area contributed by atoms with Gasteiger partial charge in [0.05, 0.1) is 16.4 Å². The highest BCUT2D eigenvalue weighted by Crippen LogP contribution is 2.24. The molecule has 1 aromatic carbocycles. The molecule has 0 saturated carbocycles. The number of nitro benzene ring substituents is 1. The van der Waals surface area contributed by atoms with Gasteiger partial charge >= 0.3 is 5.97 Å². The number of hydrogen-bond acceptors (Lipinski definition) is 8. The first kappa shape index (κ1) is 20.7. The van der Waals surface area contributed by atoms with E-state index in [1.165, 1.54) is 24.4 Å². The molecule has 0 unspecified atom stereocenters. The number of piperidine rings is 1. The Bertz CT molecular complexity index is 978. The molecule has 1 N–H and O–H groups in total. The van der Waals surface area contributed by atoms with Crippen LogP contribution in [-0.2, 0) is 14.3 Å². The van der Waals surface area contributed by atoms with Crippen molar-refractivity contribution in [3.05, 3.63) is 58.3 Å². The standard InChI is InChI=1S/C20H19N5O5/c21-11-14-5-6-18(22-12-14)24-9-7-15(8-10-24)20(27)30-13-19(26)23-16-3-1-2-4-17(16)25(28)29/h1-6,12,15H,7-10,13H2,(H,23,26). The third kappa shape index (κ3) is 5.08. The molecule has 0 spiro atoms. The molecule has 1 aliphatic heterocycles. The summed E-state index contributed by atoms with van der Waals surface area (Å²) in [6, 6.07) is 11.2. The third-order valence-corrected chi connectivity index (χ3v) is 4.75. The van der Waals surface area contributed by atoms with Crippen LogP contribution in [0.3, 0.4) is 0 Å². The van der Waals surface area contributed by atoms with E-state index in [9.17, 15) is 19.7 Å². The van der Waals surface area contributed by atoms with Crippen LogP contribution < -0.4 is 10.2 Å². The van der Waals surface area contributed by atoms with Gasteiger partial charge in [-0.2, -0.15) is 5.26 Å². The predicted octanol–water partition coefficient (Wildman–Crippen LogP) is 2.26. The Balaban J connectivity index is 1.46. The van der Waals surface area contributed by atoms with E-state index in [0.29, 0.717) is 31.5 Å². The molecule has 0 bridgehead atoms. The number of aromatic nitrogens is 1. The molecule has 2 aromatic rings. The minimum atomic E-state index is -0.642. The summed E-state index contributed by atoms with van der Waals surface area (Å²) in [5, 5.41) is 22.2. The number of nitro groups is 1. The van der Waals surface area contributed by atoms with Gasteiger partial charge in [0, 0.05) is 25.4 Å². The Morgan fingerprint density at radius 1 is 1.27 bits per heavy atom. The number of nitrogens with one attached hydrogen (secondary N) is 1. The van der Waals surface area contributed by atoms with Gasteiger partial charge in [-0.25, -0.2) is 4.98 Å². The van der Waals surface area contributed by atoms with Crippen molar-refractivity contribution in [3.63, 3.8) is 0 Å². The lowest BCUT2D eigenvalue weighted by Gasteiger charge is -2.31. The number of carbonyl (C=O) groups excluding carboxylic acids is 2. The van der Waals surface area contributed by atoms with Gasteiger partial charge in [0.1, 0.15) is 17.6 Å². The maximum atomic E-state index is 12.3. The Kier molecular flexibility index (Phi) is 6.54. The second-order valence-electron chi connectivity index (χ2n) is 6.71. The summed E-state index contributed by atoms with van der Waals surface area (Å²) in [6.45, 7) is 0.685. The Hall–Kier alpha value is -4.00. The molecular formula is C20H19N5O5. The van der Waals surface area contributed by atoms with Crippen molar-refractivity contribution in [2.45, 2.75) is 12.8 Å². The number of amides is 1. The summed E-state index contributed by atoms with van der Waals surface area (Å²) in [5.74, 6) is -0.708. The monoisotopic (exact) mass is 409 g/mol. The van der Waals surface area contributed by atoms with Crippen LogP contribution in [0.2, 0.25) is 0 Å². The molecule has 2 heterocycles. The van der Waals surface area contributed by atoms with Gasteiger partial charge in [-0.3, -0.25) is 19.7 Å². The molecule has 3 rings (SSSR count). The van der Waals surface area contributed by atoms with Crippen molar-refractivity contribution in [2.75, 3.05) is 29.9 Å². The summed E-state index contributed by atoms with van der Waals surface area (Å²) in [5.41, 5.74) is 0.295. The largest absolute Gasteiger partial charge is 0.455 e. The molecular weight excluding hydrogens is 390 g/mol. The van der Waals surface area contributed by atoms with Crippen LogP contribution in [0.25, 0.3) is 0 Å². The minimum absolute atomic E-state index is 0.0479. The lowest BCUT2D eigenvalue weighted by molar-refractivity contribution is -0.383. The number of para-hydroxylation sites is 2. The van der Waals surface area contributed by atoms with Crippen molar-refractivity contribution in [3.8, 4) is 6.07 Å². The molecule has 1 amide bonds. The average molecular weight is 409 g/mol. The van der Waals surface area contributed by atoms with Crippen molar-refractivity contribution in [1.82, 2.24) is 4.98 Å². The third-order valence-electron chi connectivity index (χ3n) is 4.75. The normalized spacial score (nSPS) is 13.9. The number of esters is 1. The fraction of sp³-hybridized carbons (Fsp3) is 0.300. The van der Waals surface area contributed by atoms with Crippen LogP contribution in [-0.4, -0.2) is 41.5 Å².